The van der Waals surface area contributed by atoms with Gasteiger partial charge in [-0.3, -0.25) is 4.79 Å². The molecule has 0 radical (unpaired) electrons. The fraction of sp³-hybridized carbons (Fsp3) is 0.929. The summed E-state index contributed by atoms with van der Waals surface area (Å²) >= 11 is 0. The SMILES string of the molecule is CN1CCC(CNCC2CCC(=O)CC2)CC1. The van der Waals surface area contributed by atoms with Gasteiger partial charge in [-0.05, 0) is 70.7 Å². The van der Waals surface area contributed by atoms with Crippen LogP contribution in [0.5, 0.6) is 0 Å². The molecule has 1 N–H and O–H groups in total. The summed E-state index contributed by atoms with van der Waals surface area (Å²) in [5.41, 5.74) is 0. The molecule has 2 aliphatic rings. The Kier molecular flexibility index (Phi) is 4.99. The summed E-state index contributed by atoms with van der Waals surface area (Å²) in [6.07, 6.45) is 6.54. The third-order valence-electron chi connectivity index (χ3n) is 4.37. The quantitative estimate of drug-likeness (QED) is 0.809. The minimum absolute atomic E-state index is 0.469. The van der Waals surface area contributed by atoms with E-state index in [1.165, 1.54) is 32.5 Å². The number of hydrogen-bond donors (Lipinski definition) is 1. The highest BCUT2D eigenvalue weighted by Crippen LogP contribution is 2.21. The average Bonchev–Trinajstić information content (AvgIpc) is 2.34. The standard InChI is InChI=1S/C14H26N2O/c1-16-8-6-13(7-9-16)11-15-10-12-2-4-14(17)5-3-12/h12-13,15H,2-11H2,1H3. The maximum Gasteiger partial charge on any atom is 0.132 e. The lowest BCUT2D eigenvalue weighted by Gasteiger charge is -2.30. The van der Waals surface area contributed by atoms with Crippen LogP contribution in [0.25, 0.3) is 0 Å². The van der Waals surface area contributed by atoms with E-state index in [2.05, 4.69) is 17.3 Å². The van der Waals surface area contributed by atoms with Gasteiger partial charge in [0.1, 0.15) is 5.78 Å². The normalized spacial score (nSPS) is 25.4. The largest absolute Gasteiger partial charge is 0.316 e. The fourth-order valence-corrected chi connectivity index (χ4v) is 2.96. The summed E-state index contributed by atoms with van der Waals surface area (Å²) in [4.78, 5) is 13.6. The van der Waals surface area contributed by atoms with Crippen molar-refractivity contribution < 1.29 is 4.79 Å². The molecule has 1 saturated carbocycles. The van der Waals surface area contributed by atoms with Gasteiger partial charge in [-0.2, -0.15) is 0 Å². The minimum atomic E-state index is 0.469. The molecule has 0 unspecified atom stereocenters. The number of nitrogens with one attached hydrogen (secondary N) is 1. The Morgan fingerprint density at radius 3 is 2.18 bits per heavy atom. The Bertz CT molecular complexity index is 237. The number of rotatable bonds is 4. The lowest BCUT2D eigenvalue weighted by molar-refractivity contribution is -0.120. The number of likely N-dealkylation sites (tertiary alicyclic amines) is 1. The lowest BCUT2D eigenvalue weighted by Crippen LogP contribution is -2.36. The predicted octanol–water partition coefficient (Wildman–Crippen LogP) is 1.68. The highest BCUT2D eigenvalue weighted by molar-refractivity contribution is 5.79. The molecule has 1 aliphatic heterocycles. The molecule has 2 rings (SSSR count). The van der Waals surface area contributed by atoms with E-state index in [4.69, 9.17) is 0 Å². The molecule has 1 aliphatic carbocycles. The van der Waals surface area contributed by atoms with Crippen molar-refractivity contribution in [2.24, 2.45) is 11.8 Å². The number of hydrogen-bond acceptors (Lipinski definition) is 3. The molecule has 98 valence electrons. The molecular formula is C14H26N2O. The second-order valence-electron chi connectivity index (χ2n) is 5.89. The van der Waals surface area contributed by atoms with Gasteiger partial charge >= 0.3 is 0 Å². The summed E-state index contributed by atoms with van der Waals surface area (Å²) < 4.78 is 0. The first-order valence-electron chi connectivity index (χ1n) is 7.15. The van der Waals surface area contributed by atoms with Gasteiger partial charge < -0.3 is 10.2 Å². The van der Waals surface area contributed by atoms with E-state index >= 15 is 0 Å². The van der Waals surface area contributed by atoms with Crippen molar-refractivity contribution in [1.29, 1.82) is 0 Å². The zero-order valence-corrected chi connectivity index (χ0v) is 11.1. The third-order valence-corrected chi connectivity index (χ3v) is 4.37. The number of Topliss-reactive ketones (excluding diaryl/α,β-unsaturated/α-hetero) is 1. The van der Waals surface area contributed by atoms with Gasteiger partial charge in [0, 0.05) is 12.8 Å². The van der Waals surface area contributed by atoms with Crippen LogP contribution in [0.2, 0.25) is 0 Å². The van der Waals surface area contributed by atoms with Crippen molar-refractivity contribution in [2.45, 2.75) is 38.5 Å². The van der Waals surface area contributed by atoms with E-state index in [0.29, 0.717) is 5.78 Å². The van der Waals surface area contributed by atoms with Crippen LogP contribution in [0.3, 0.4) is 0 Å². The number of carbonyl (C=O) groups is 1. The van der Waals surface area contributed by atoms with Crippen molar-refractivity contribution >= 4 is 5.78 Å². The number of nitrogens with zero attached hydrogens (tertiary/aromatic N) is 1. The van der Waals surface area contributed by atoms with Crippen LogP contribution in [0, 0.1) is 11.8 Å². The number of ketones is 1. The van der Waals surface area contributed by atoms with Gasteiger partial charge in [0.25, 0.3) is 0 Å². The van der Waals surface area contributed by atoms with Crippen LogP contribution in [0.15, 0.2) is 0 Å². The molecule has 0 amide bonds. The van der Waals surface area contributed by atoms with Gasteiger partial charge in [-0.1, -0.05) is 0 Å². The topological polar surface area (TPSA) is 32.3 Å². The zero-order valence-electron chi connectivity index (χ0n) is 11.1. The smallest absolute Gasteiger partial charge is 0.132 e. The lowest BCUT2D eigenvalue weighted by atomic mass is 9.88. The molecule has 3 heteroatoms. The molecule has 0 bridgehead atoms. The predicted molar refractivity (Wildman–Crippen MR) is 70.1 cm³/mol. The van der Waals surface area contributed by atoms with Crippen LogP contribution in [0.4, 0.5) is 0 Å². The van der Waals surface area contributed by atoms with Crippen molar-refractivity contribution in [3.8, 4) is 0 Å². The molecule has 2 fully saturated rings. The molecule has 3 nitrogen and oxygen atoms in total. The molecular weight excluding hydrogens is 212 g/mol. The summed E-state index contributed by atoms with van der Waals surface area (Å²) in [5.74, 6) is 2.09. The van der Waals surface area contributed by atoms with Crippen LogP contribution in [-0.4, -0.2) is 43.9 Å². The van der Waals surface area contributed by atoms with Crippen molar-refractivity contribution in [1.82, 2.24) is 10.2 Å². The Hall–Kier alpha value is -0.410. The monoisotopic (exact) mass is 238 g/mol. The highest BCUT2D eigenvalue weighted by atomic mass is 16.1. The second kappa shape index (κ2) is 6.50. The Morgan fingerprint density at radius 2 is 1.59 bits per heavy atom. The van der Waals surface area contributed by atoms with Gasteiger partial charge in [0.2, 0.25) is 0 Å². The minimum Gasteiger partial charge on any atom is -0.316 e. The van der Waals surface area contributed by atoms with E-state index in [1.54, 1.807) is 0 Å². The third kappa shape index (κ3) is 4.40. The van der Waals surface area contributed by atoms with E-state index in [9.17, 15) is 4.79 Å². The Labute approximate surface area is 105 Å². The molecule has 0 aromatic heterocycles. The first-order chi connectivity index (χ1) is 8.24. The highest BCUT2D eigenvalue weighted by Gasteiger charge is 2.20. The molecule has 0 aromatic carbocycles. The molecule has 17 heavy (non-hydrogen) atoms. The summed E-state index contributed by atoms with van der Waals surface area (Å²) in [6.45, 7) is 4.81. The molecule has 1 saturated heterocycles. The van der Waals surface area contributed by atoms with Gasteiger partial charge in [-0.15, -0.1) is 0 Å². The second-order valence-corrected chi connectivity index (χ2v) is 5.89. The van der Waals surface area contributed by atoms with Gasteiger partial charge in [0.05, 0.1) is 0 Å². The van der Waals surface area contributed by atoms with E-state index in [-0.39, 0.29) is 0 Å². The fourth-order valence-electron chi connectivity index (χ4n) is 2.96. The Balaban J connectivity index is 1.55. The van der Waals surface area contributed by atoms with Crippen LogP contribution < -0.4 is 5.32 Å². The zero-order chi connectivity index (χ0) is 12.1. The maximum atomic E-state index is 11.1. The van der Waals surface area contributed by atoms with E-state index in [0.717, 1.165) is 44.1 Å². The molecule has 0 atom stereocenters. The van der Waals surface area contributed by atoms with Crippen molar-refractivity contribution in [3.63, 3.8) is 0 Å². The number of piperidine rings is 1. The molecule has 0 aromatic rings. The maximum absolute atomic E-state index is 11.1. The van der Waals surface area contributed by atoms with Gasteiger partial charge in [-0.25, -0.2) is 0 Å². The van der Waals surface area contributed by atoms with Crippen LogP contribution in [-0.2, 0) is 4.79 Å². The molecule has 1 heterocycles. The molecule has 0 spiro atoms. The van der Waals surface area contributed by atoms with E-state index in [1.807, 2.05) is 0 Å². The first kappa shape index (κ1) is 13.0. The average molecular weight is 238 g/mol. The van der Waals surface area contributed by atoms with E-state index < -0.39 is 0 Å². The van der Waals surface area contributed by atoms with Crippen molar-refractivity contribution in [3.05, 3.63) is 0 Å². The number of carbonyl (C=O) groups excluding carboxylic acids is 1. The summed E-state index contributed by atoms with van der Waals surface area (Å²) in [5, 5.41) is 3.62. The Morgan fingerprint density at radius 1 is 1.06 bits per heavy atom. The van der Waals surface area contributed by atoms with Crippen molar-refractivity contribution in [2.75, 3.05) is 33.2 Å². The summed E-state index contributed by atoms with van der Waals surface area (Å²) in [7, 11) is 2.21. The van der Waals surface area contributed by atoms with Crippen LogP contribution >= 0.6 is 0 Å². The van der Waals surface area contributed by atoms with Crippen LogP contribution in [0.1, 0.15) is 38.5 Å². The summed E-state index contributed by atoms with van der Waals surface area (Å²) in [6, 6.07) is 0. The first-order valence-corrected chi connectivity index (χ1v) is 7.15. The van der Waals surface area contributed by atoms with Gasteiger partial charge in [0.15, 0.2) is 0 Å².